The molecule has 164 valence electrons. The van der Waals surface area contributed by atoms with Gasteiger partial charge in [-0.15, -0.1) is 0 Å². The quantitative estimate of drug-likeness (QED) is 0.376. The van der Waals surface area contributed by atoms with Crippen molar-refractivity contribution in [1.82, 2.24) is 0 Å². The van der Waals surface area contributed by atoms with Gasteiger partial charge in [0.05, 0.1) is 13.2 Å². The van der Waals surface area contributed by atoms with E-state index in [9.17, 15) is 0 Å². The van der Waals surface area contributed by atoms with Crippen molar-refractivity contribution in [1.29, 1.82) is 0 Å². The van der Waals surface area contributed by atoms with Crippen LogP contribution in [-0.4, -0.2) is 63.6 Å². The first-order valence-corrected chi connectivity index (χ1v) is 11.2. The maximum atomic E-state index is 6.01. The Morgan fingerprint density at radius 2 is 1.97 bits per heavy atom. The molecule has 1 saturated heterocycles. The predicted octanol–water partition coefficient (Wildman–Crippen LogP) is 4.40. The van der Waals surface area contributed by atoms with Gasteiger partial charge in [0, 0.05) is 31.5 Å². The molecule has 5 nitrogen and oxygen atoms in total. The van der Waals surface area contributed by atoms with Crippen molar-refractivity contribution < 1.29 is 18.8 Å². The van der Waals surface area contributed by atoms with Gasteiger partial charge >= 0.3 is 0 Å². The van der Waals surface area contributed by atoms with Crippen molar-refractivity contribution in [2.24, 2.45) is 0 Å². The molecule has 2 aliphatic heterocycles. The molecule has 5 heteroatoms. The minimum Gasteiger partial charge on any atom is -0.379 e. The molecule has 1 aromatic rings. The van der Waals surface area contributed by atoms with Crippen LogP contribution in [0.5, 0.6) is 0 Å². The zero-order valence-electron chi connectivity index (χ0n) is 18.9. The number of aryl methyl sites for hydroxylation is 1. The van der Waals surface area contributed by atoms with E-state index in [0.717, 1.165) is 44.6 Å². The van der Waals surface area contributed by atoms with Gasteiger partial charge in [-0.2, -0.15) is 0 Å². The molecule has 2 heterocycles. The molecule has 0 aromatic heterocycles. The number of hydrogen-bond acceptors (Lipinski definition) is 4. The second kappa shape index (κ2) is 11.4. The highest BCUT2D eigenvalue weighted by Gasteiger charge is 2.25. The van der Waals surface area contributed by atoms with Gasteiger partial charge < -0.3 is 19.1 Å². The standard InChI is InChI=1S/C25H37N2O3/c1-5-12-28-15-16-29-14-11-27-18-22(19-27)21(3)23-17-20(2)9-10-24(23)26(4)25-8-6-7-13-30-25/h9-10,17-19,25H,3,5-8,11-16H2,1-2,4H3/q+1. The number of nitrogens with zero attached hydrogens (tertiary/aromatic N) is 2. The van der Waals surface area contributed by atoms with Gasteiger partial charge in [0.1, 0.15) is 18.4 Å². The minimum atomic E-state index is 0.141. The number of hydrogen-bond donors (Lipinski definition) is 0. The third kappa shape index (κ3) is 6.03. The molecule has 0 N–H and O–H groups in total. The molecular formula is C25H37N2O3+. The van der Waals surface area contributed by atoms with Crippen molar-refractivity contribution >= 4 is 17.5 Å². The first-order chi connectivity index (χ1) is 14.6. The molecular weight excluding hydrogens is 376 g/mol. The van der Waals surface area contributed by atoms with E-state index in [2.05, 4.69) is 67.6 Å². The van der Waals surface area contributed by atoms with Crippen molar-refractivity contribution in [2.75, 3.05) is 51.5 Å². The van der Waals surface area contributed by atoms with Crippen molar-refractivity contribution in [3.8, 4) is 0 Å². The summed E-state index contributed by atoms with van der Waals surface area (Å²) >= 11 is 0. The van der Waals surface area contributed by atoms with Gasteiger partial charge in [0.2, 0.25) is 0 Å². The summed E-state index contributed by atoms with van der Waals surface area (Å²) in [6.45, 7) is 13.2. The van der Waals surface area contributed by atoms with E-state index in [1.54, 1.807) is 0 Å². The number of rotatable bonds is 12. The van der Waals surface area contributed by atoms with E-state index in [1.807, 2.05) is 0 Å². The Bertz CT molecular complexity index is 779. The molecule has 0 aliphatic carbocycles. The Kier molecular flexibility index (Phi) is 8.67. The summed E-state index contributed by atoms with van der Waals surface area (Å²) in [6, 6.07) is 6.59. The summed E-state index contributed by atoms with van der Waals surface area (Å²) in [5, 5.41) is 0. The number of anilines is 1. The Balaban J connectivity index is 1.54. The average molecular weight is 414 g/mol. The van der Waals surface area contributed by atoms with Crippen LogP contribution in [0.15, 0.2) is 36.6 Å². The van der Waals surface area contributed by atoms with Crippen LogP contribution in [-0.2, 0) is 14.2 Å². The minimum absolute atomic E-state index is 0.141. The fourth-order valence-electron chi connectivity index (χ4n) is 3.81. The Morgan fingerprint density at radius 1 is 1.20 bits per heavy atom. The van der Waals surface area contributed by atoms with Crippen LogP contribution in [0, 0.1) is 6.92 Å². The smallest absolute Gasteiger partial charge is 0.182 e. The largest absolute Gasteiger partial charge is 0.379 e. The van der Waals surface area contributed by atoms with Gasteiger partial charge in [-0.1, -0.05) is 25.1 Å². The molecule has 30 heavy (non-hydrogen) atoms. The topological polar surface area (TPSA) is 33.9 Å². The maximum Gasteiger partial charge on any atom is 0.182 e. The summed E-state index contributed by atoms with van der Waals surface area (Å²) in [5.41, 5.74) is 5.83. The van der Waals surface area contributed by atoms with Gasteiger partial charge in [-0.25, -0.2) is 4.58 Å². The van der Waals surface area contributed by atoms with Gasteiger partial charge in [0.15, 0.2) is 19.0 Å². The first kappa shape index (κ1) is 22.7. The molecule has 3 rings (SSSR count). The normalized spacial score (nSPS) is 18.4. The lowest BCUT2D eigenvalue weighted by molar-refractivity contribution is -0.466. The average Bonchev–Trinajstić information content (AvgIpc) is 2.74. The maximum absolute atomic E-state index is 6.01. The second-order valence-corrected chi connectivity index (χ2v) is 8.11. The van der Waals surface area contributed by atoms with Crippen LogP contribution in [0.4, 0.5) is 5.69 Å². The summed E-state index contributed by atoms with van der Waals surface area (Å²) in [6.07, 6.45) is 8.95. The molecule has 0 bridgehead atoms. The lowest BCUT2D eigenvalue weighted by Gasteiger charge is -2.34. The highest BCUT2D eigenvalue weighted by atomic mass is 16.5. The predicted molar refractivity (Wildman–Crippen MR) is 123 cm³/mol. The Morgan fingerprint density at radius 3 is 2.67 bits per heavy atom. The third-order valence-electron chi connectivity index (χ3n) is 5.62. The van der Waals surface area contributed by atoms with Crippen LogP contribution in [0.25, 0.3) is 5.57 Å². The Hall–Kier alpha value is -1.95. The van der Waals surface area contributed by atoms with Gasteiger partial charge in [-0.05, 0) is 50.3 Å². The van der Waals surface area contributed by atoms with E-state index < -0.39 is 0 Å². The molecule has 0 radical (unpaired) electrons. The van der Waals surface area contributed by atoms with E-state index in [4.69, 9.17) is 14.2 Å². The lowest BCUT2D eigenvalue weighted by atomic mass is 9.95. The van der Waals surface area contributed by atoms with Crippen LogP contribution < -0.4 is 4.90 Å². The zero-order chi connectivity index (χ0) is 21.3. The summed E-state index contributed by atoms with van der Waals surface area (Å²) < 4.78 is 19.2. The molecule has 0 saturated carbocycles. The number of ether oxygens (including phenoxy) is 3. The molecule has 0 spiro atoms. The summed E-state index contributed by atoms with van der Waals surface area (Å²) in [5.74, 6) is 0. The molecule has 1 fully saturated rings. The summed E-state index contributed by atoms with van der Waals surface area (Å²) in [7, 11) is 2.13. The highest BCUT2D eigenvalue weighted by molar-refractivity contribution is 6.02. The van der Waals surface area contributed by atoms with Crippen molar-refractivity contribution in [2.45, 2.75) is 45.8 Å². The molecule has 1 unspecified atom stereocenters. The molecule has 1 atom stereocenters. The second-order valence-electron chi connectivity index (χ2n) is 8.11. The van der Waals surface area contributed by atoms with Crippen LogP contribution >= 0.6 is 0 Å². The van der Waals surface area contributed by atoms with E-state index in [-0.39, 0.29) is 6.23 Å². The third-order valence-corrected chi connectivity index (χ3v) is 5.62. The Labute approximate surface area is 181 Å². The number of benzene rings is 1. The monoisotopic (exact) mass is 413 g/mol. The van der Waals surface area contributed by atoms with E-state index in [0.29, 0.717) is 19.8 Å². The van der Waals surface area contributed by atoms with Gasteiger partial charge in [0.25, 0.3) is 0 Å². The number of allylic oxidation sites excluding steroid dienone is 2. The van der Waals surface area contributed by atoms with E-state index in [1.165, 1.54) is 28.8 Å². The van der Waals surface area contributed by atoms with Crippen molar-refractivity contribution in [3.63, 3.8) is 0 Å². The fourth-order valence-corrected chi connectivity index (χ4v) is 3.81. The molecule has 0 amide bonds. The van der Waals surface area contributed by atoms with Crippen LogP contribution in [0.3, 0.4) is 0 Å². The highest BCUT2D eigenvalue weighted by Crippen LogP contribution is 2.34. The fraction of sp³-hybridized carbons (Fsp3) is 0.560. The lowest BCUT2D eigenvalue weighted by Crippen LogP contribution is -2.37. The van der Waals surface area contributed by atoms with E-state index >= 15 is 0 Å². The summed E-state index contributed by atoms with van der Waals surface area (Å²) in [4.78, 5) is 2.27. The first-order valence-electron chi connectivity index (χ1n) is 11.2. The molecule has 1 aromatic carbocycles. The van der Waals surface area contributed by atoms with Crippen LogP contribution in [0.1, 0.15) is 43.7 Å². The SMILES string of the molecule is C=C(C1=C[N+](CCOCCOCCC)=C1)c1cc(C)ccc1N(C)C1CCCCO1. The van der Waals surface area contributed by atoms with Crippen molar-refractivity contribution in [3.05, 3.63) is 47.7 Å². The van der Waals surface area contributed by atoms with Crippen LogP contribution in [0.2, 0.25) is 0 Å². The molecule has 2 aliphatic rings. The van der Waals surface area contributed by atoms with Gasteiger partial charge in [-0.3, -0.25) is 0 Å². The zero-order valence-corrected chi connectivity index (χ0v) is 18.9.